The minimum absolute atomic E-state index is 0.621. The fourth-order valence-corrected chi connectivity index (χ4v) is 2.35. The monoisotopic (exact) mass is 197 g/mol. The van der Waals surface area contributed by atoms with Crippen LogP contribution in [0.4, 0.5) is 0 Å². The molecule has 1 N–H and O–H groups in total. The van der Waals surface area contributed by atoms with Gasteiger partial charge in [-0.25, -0.2) is 0 Å². The Kier molecular flexibility index (Phi) is 3.13. The lowest BCUT2D eigenvalue weighted by atomic mass is 10.0. The Bertz CT molecular complexity index is 185. The summed E-state index contributed by atoms with van der Waals surface area (Å²) in [5.41, 5.74) is 0.621. The quantitative estimate of drug-likeness (QED) is 0.745. The first-order valence-electron chi connectivity index (χ1n) is 5.97. The van der Waals surface area contributed by atoms with Gasteiger partial charge < -0.3 is 10.1 Å². The molecule has 2 heteroatoms. The Morgan fingerprint density at radius 3 is 2.71 bits per heavy atom. The molecule has 0 bridgehead atoms. The van der Waals surface area contributed by atoms with Gasteiger partial charge >= 0.3 is 0 Å². The average molecular weight is 197 g/mol. The first kappa shape index (κ1) is 10.4. The van der Waals surface area contributed by atoms with Crippen molar-refractivity contribution in [2.45, 2.75) is 33.1 Å². The third-order valence-corrected chi connectivity index (χ3v) is 3.80. The van der Waals surface area contributed by atoms with E-state index in [1.807, 2.05) is 0 Å². The summed E-state index contributed by atoms with van der Waals surface area (Å²) in [7, 11) is 0. The molecule has 82 valence electrons. The minimum atomic E-state index is 0.621. The second-order valence-electron chi connectivity index (χ2n) is 5.63. The zero-order valence-corrected chi connectivity index (χ0v) is 9.51. The first-order chi connectivity index (χ1) is 6.68. The maximum atomic E-state index is 5.46. The highest BCUT2D eigenvalue weighted by molar-refractivity contribution is 4.96. The summed E-state index contributed by atoms with van der Waals surface area (Å²) in [5, 5.41) is 3.59. The third kappa shape index (κ3) is 2.71. The molecule has 2 atom stereocenters. The summed E-state index contributed by atoms with van der Waals surface area (Å²) < 4.78 is 5.46. The Hall–Kier alpha value is -0.0800. The summed E-state index contributed by atoms with van der Waals surface area (Å²) in [6.07, 6.45) is 4.00. The highest BCUT2D eigenvalue weighted by Crippen LogP contribution is 2.50. The zero-order chi connectivity index (χ0) is 10.0. The molecule has 1 saturated carbocycles. The molecule has 1 aliphatic heterocycles. The van der Waals surface area contributed by atoms with Crippen LogP contribution in [0.3, 0.4) is 0 Å². The lowest BCUT2D eigenvalue weighted by Crippen LogP contribution is -2.30. The van der Waals surface area contributed by atoms with Gasteiger partial charge in [-0.05, 0) is 43.1 Å². The smallest absolute Gasteiger partial charge is 0.0506 e. The van der Waals surface area contributed by atoms with Crippen LogP contribution in [0.15, 0.2) is 0 Å². The normalized spacial score (nSPS) is 35.6. The van der Waals surface area contributed by atoms with Gasteiger partial charge in [0, 0.05) is 13.2 Å². The van der Waals surface area contributed by atoms with E-state index in [0.29, 0.717) is 5.41 Å². The van der Waals surface area contributed by atoms with Gasteiger partial charge in [0.05, 0.1) is 6.61 Å². The van der Waals surface area contributed by atoms with Crippen molar-refractivity contribution in [3.05, 3.63) is 0 Å². The Morgan fingerprint density at radius 2 is 2.14 bits per heavy atom. The standard InChI is InChI=1S/C12H23NO/c1-12(2)6-11(12)8-13-7-10-4-3-5-14-9-10/h10-11,13H,3-9H2,1-2H3. The maximum absolute atomic E-state index is 5.46. The predicted octanol–water partition coefficient (Wildman–Crippen LogP) is 2.05. The zero-order valence-electron chi connectivity index (χ0n) is 9.51. The number of rotatable bonds is 4. The average Bonchev–Trinajstić information content (AvgIpc) is 2.76. The van der Waals surface area contributed by atoms with Crippen molar-refractivity contribution < 1.29 is 4.74 Å². The van der Waals surface area contributed by atoms with Gasteiger partial charge in [-0.3, -0.25) is 0 Å². The highest BCUT2D eigenvalue weighted by atomic mass is 16.5. The van der Waals surface area contributed by atoms with Crippen LogP contribution < -0.4 is 5.32 Å². The van der Waals surface area contributed by atoms with Crippen LogP contribution >= 0.6 is 0 Å². The van der Waals surface area contributed by atoms with E-state index < -0.39 is 0 Å². The van der Waals surface area contributed by atoms with Crippen LogP contribution in [0, 0.1) is 17.3 Å². The van der Waals surface area contributed by atoms with E-state index in [2.05, 4.69) is 19.2 Å². The molecule has 1 aliphatic carbocycles. The largest absolute Gasteiger partial charge is 0.381 e. The highest BCUT2D eigenvalue weighted by Gasteiger charge is 2.44. The van der Waals surface area contributed by atoms with Gasteiger partial charge in [0.1, 0.15) is 0 Å². The summed E-state index contributed by atoms with van der Waals surface area (Å²) >= 11 is 0. The second-order valence-corrected chi connectivity index (χ2v) is 5.63. The molecule has 0 radical (unpaired) electrons. The Balaban J connectivity index is 1.54. The molecule has 14 heavy (non-hydrogen) atoms. The fourth-order valence-electron chi connectivity index (χ4n) is 2.35. The van der Waals surface area contributed by atoms with E-state index in [4.69, 9.17) is 4.74 Å². The summed E-state index contributed by atoms with van der Waals surface area (Å²) in [6.45, 7) is 9.05. The summed E-state index contributed by atoms with van der Waals surface area (Å²) in [6, 6.07) is 0. The third-order valence-electron chi connectivity index (χ3n) is 3.80. The molecule has 0 aromatic heterocycles. The van der Waals surface area contributed by atoms with Crippen LogP contribution in [0.5, 0.6) is 0 Å². The molecule has 1 heterocycles. The van der Waals surface area contributed by atoms with Gasteiger partial charge in [0.15, 0.2) is 0 Å². The number of ether oxygens (including phenoxy) is 1. The molecule has 2 rings (SSSR count). The van der Waals surface area contributed by atoms with Crippen LogP contribution in [0.2, 0.25) is 0 Å². The van der Waals surface area contributed by atoms with Crippen molar-refractivity contribution in [1.29, 1.82) is 0 Å². The van der Waals surface area contributed by atoms with Crippen LogP contribution in [0.1, 0.15) is 33.1 Å². The van der Waals surface area contributed by atoms with E-state index in [1.165, 1.54) is 25.8 Å². The van der Waals surface area contributed by atoms with E-state index in [1.54, 1.807) is 0 Å². The van der Waals surface area contributed by atoms with Gasteiger partial charge in [-0.15, -0.1) is 0 Å². The molecule has 0 spiro atoms. The molecule has 2 fully saturated rings. The van der Waals surface area contributed by atoms with Crippen LogP contribution in [-0.2, 0) is 4.74 Å². The topological polar surface area (TPSA) is 21.3 Å². The van der Waals surface area contributed by atoms with Crippen molar-refractivity contribution in [2.75, 3.05) is 26.3 Å². The predicted molar refractivity (Wildman–Crippen MR) is 58.3 cm³/mol. The van der Waals surface area contributed by atoms with Crippen molar-refractivity contribution in [3.63, 3.8) is 0 Å². The molecule has 0 aromatic carbocycles. The minimum Gasteiger partial charge on any atom is -0.381 e. The van der Waals surface area contributed by atoms with E-state index >= 15 is 0 Å². The molecule has 2 unspecified atom stereocenters. The number of nitrogens with one attached hydrogen (secondary N) is 1. The van der Waals surface area contributed by atoms with Crippen molar-refractivity contribution in [1.82, 2.24) is 5.32 Å². The lowest BCUT2D eigenvalue weighted by molar-refractivity contribution is 0.0547. The van der Waals surface area contributed by atoms with Gasteiger partial charge in [-0.2, -0.15) is 0 Å². The molecular weight excluding hydrogens is 174 g/mol. The van der Waals surface area contributed by atoms with Gasteiger partial charge in [-0.1, -0.05) is 13.8 Å². The molecule has 2 aliphatic rings. The van der Waals surface area contributed by atoms with Crippen molar-refractivity contribution in [2.24, 2.45) is 17.3 Å². The van der Waals surface area contributed by atoms with E-state index in [-0.39, 0.29) is 0 Å². The fraction of sp³-hybridized carbons (Fsp3) is 1.00. The Morgan fingerprint density at radius 1 is 1.36 bits per heavy atom. The van der Waals surface area contributed by atoms with E-state index in [9.17, 15) is 0 Å². The van der Waals surface area contributed by atoms with E-state index in [0.717, 1.165) is 31.6 Å². The SMILES string of the molecule is CC1(C)CC1CNCC1CCCOC1. The van der Waals surface area contributed by atoms with Crippen molar-refractivity contribution >= 4 is 0 Å². The summed E-state index contributed by atoms with van der Waals surface area (Å²) in [5.74, 6) is 1.69. The molecule has 0 aromatic rings. The maximum Gasteiger partial charge on any atom is 0.0506 e. The van der Waals surface area contributed by atoms with Crippen molar-refractivity contribution in [3.8, 4) is 0 Å². The molecular formula is C12H23NO. The molecule has 2 nitrogen and oxygen atoms in total. The molecule has 0 amide bonds. The first-order valence-corrected chi connectivity index (χ1v) is 5.97. The Labute approximate surface area is 87.4 Å². The van der Waals surface area contributed by atoms with Crippen LogP contribution in [0.25, 0.3) is 0 Å². The number of hydrogen-bond acceptors (Lipinski definition) is 2. The summed E-state index contributed by atoms with van der Waals surface area (Å²) in [4.78, 5) is 0. The number of hydrogen-bond donors (Lipinski definition) is 1. The second kappa shape index (κ2) is 4.19. The van der Waals surface area contributed by atoms with Gasteiger partial charge in [0.2, 0.25) is 0 Å². The molecule has 1 saturated heterocycles. The lowest BCUT2D eigenvalue weighted by Gasteiger charge is -2.22. The van der Waals surface area contributed by atoms with Gasteiger partial charge in [0.25, 0.3) is 0 Å². The van der Waals surface area contributed by atoms with Crippen LogP contribution in [-0.4, -0.2) is 26.3 Å².